The van der Waals surface area contributed by atoms with Crippen molar-refractivity contribution in [2.24, 2.45) is 0 Å². The average molecular weight is 299 g/mol. The molecule has 0 aliphatic heterocycles. The number of hydrogen-bond acceptors (Lipinski definition) is 3. The van der Waals surface area contributed by atoms with Crippen LogP contribution in [0, 0.1) is 11.8 Å². The van der Waals surface area contributed by atoms with Crippen LogP contribution >= 0.6 is 11.3 Å². The fourth-order valence-electron chi connectivity index (χ4n) is 1.96. The molecular formula is C17H17NO2S. The first kappa shape index (κ1) is 15.3. The number of thiophene rings is 1. The minimum Gasteiger partial charge on any atom is -0.384 e. The van der Waals surface area contributed by atoms with Crippen molar-refractivity contribution < 1.29 is 9.90 Å². The van der Waals surface area contributed by atoms with Crippen LogP contribution in [-0.4, -0.2) is 17.6 Å². The summed E-state index contributed by atoms with van der Waals surface area (Å²) in [5, 5.41) is 13.4. The molecular weight excluding hydrogens is 282 g/mol. The highest BCUT2D eigenvalue weighted by Gasteiger charge is 2.12. The highest BCUT2D eigenvalue weighted by atomic mass is 32.1. The summed E-state index contributed by atoms with van der Waals surface area (Å²) >= 11 is 1.39. The first-order valence-corrected chi connectivity index (χ1v) is 7.58. The van der Waals surface area contributed by atoms with Crippen molar-refractivity contribution in [3.63, 3.8) is 0 Å². The fraction of sp³-hybridized carbons (Fsp3) is 0.235. The summed E-state index contributed by atoms with van der Waals surface area (Å²) in [6.07, 6.45) is 0. The Morgan fingerprint density at radius 3 is 2.86 bits per heavy atom. The van der Waals surface area contributed by atoms with Crippen molar-refractivity contribution in [3.05, 3.63) is 51.7 Å². The van der Waals surface area contributed by atoms with E-state index in [2.05, 4.69) is 31.0 Å². The number of nitrogens with one attached hydrogen (secondary N) is 1. The van der Waals surface area contributed by atoms with E-state index in [1.165, 1.54) is 11.3 Å². The standard InChI is InChI=1S/C17H17NO2S/c1-12(2)15-7-3-4-8-16(15)18-17(20)13-10-14(21-11-13)6-5-9-19/h3-4,7-8,10-12,19H,9H2,1-2H3,(H,18,20). The Balaban J connectivity index is 2.17. The molecule has 4 heteroatoms. The molecule has 1 aromatic heterocycles. The lowest BCUT2D eigenvalue weighted by molar-refractivity contribution is 0.102. The van der Waals surface area contributed by atoms with Crippen LogP contribution in [0.15, 0.2) is 35.7 Å². The molecule has 0 atom stereocenters. The van der Waals surface area contributed by atoms with Crippen molar-refractivity contribution in [2.45, 2.75) is 19.8 Å². The number of carbonyl (C=O) groups is 1. The van der Waals surface area contributed by atoms with Gasteiger partial charge >= 0.3 is 0 Å². The summed E-state index contributed by atoms with van der Waals surface area (Å²) < 4.78 is 0. The maximum Gasteiger partial charge on any atom is 0.256 e. The van der Waals surface area contributed by atoms with Crippen LogP contribution in [0.3, 0.4) is 0 Å². The number of para-hydroxylation sites is 1. The molecule has 3 nitrogen and oxygen atoms in total. The molecule has 0 spiro atoms. The van der Waals surface area contributed by atoms with Crippen LogP contribution in [0.2, 0.25) is 0 Å². The van der Waals surface area contributed by atoms with Crippen LogP contribution in [0.5, 0.6) is 0 Å². The van der Waals surface area contributed by atoms with E-state index in [0.717, 1.165) is 16.1 Å². The van der Waals surface area contributed by atoms with E-state index in [0.29, 0.717) is 11.5 Å². The highest BCUT2D eigenvalue weighted by Crippen LogP contribution is 2.24. The van der Waals surface area contributed by atoms with E-state index in [1.807, 2.05) is 24.3 Å². The molecule has 0 bridgehead atoms. The SMILES string of the molecule is CC(C)c1ccccc1NC(=O)c1csc(C#CCO)c1. The summed E-state index contributed by atoms with van der Waals surface area (Å²) in [5.74, 6) is 5.58. The molecule has 2 aromatic rings. The van der Waals surface area contributed by atoms with Gasteiger partial charge in [0.05, 0.1) is 10.4 Å². The lowest BCUT2D eigenvalue weighted by Crippen LogP contribution is -2.12. The average Bonchev–Trinajstić information content (AvgIpc) is 2.94. The lowest BCUT2D eigenvalue weighted by atomic mass is 10.0. The Morgan fingerprint density at radius 1 is 1.38 bits per heavy atom. The number of anilines is 1. The molecule has 0 aliphatic rings. The third-order valence-electron chi connectivity index (χ3n) is 2.98. The Labute approximate surface area is 128 Å². The van der Waals surface area contributed by atoms with Crippen LogP contribution in [-0.2, 0) is 0 Å². The van der Waals surface area contributed by atoms with Gasteiger partial charge in [-0.15, -0.1) is 11.3 Å². The number of benzene rings is 1. The Hall–Kier alpha value is -2.09. The molecule has 108 valence electrons. The van der Waals surface area contributed by atoms with Gasteiger partial charge in [-0.05, 0) is 23.6 Å². The monoisotopic (exact) mass is 299 g/mol. The number of rotatable bonds is 3. The zero-order valence-corrected chi connectivity index (χ0v) is 12.8. The summed E-state index contributed by atoms with van der Waals surface area (Å²) in [6, 6.07) is 9.55. The van der Waals surface area contributed by atoms with Gasteiger partial charge in [0.1, 0.15) is 6.61 Å². The van der Waals surface area contributed by atoms with E-state index in [9.17, 15) is 4.79 Å². The molecule has 0 unspecified atom stereocenters. The third-order valence-corrected chi connectivity index (χ3v) is 3.83. The quantitative estimate of drug-likeness (QED) is 0.853. The van der Waals surface area contributed by atoms with E-state index in [4.69, 9.17) is 5.11 Å². The predicted molar refractivity (Wildman–Crippen MR) is 86.8 cm³/mol. The molecule has 0 radical (unpaired) electrons. The van der Waals surface area contributed by atoms with Crippen LogP contribution in [0.25, 0.3) is 0 Å². The van der Waals surface area contributed by atoms with Gasteiger partial charge < -0.3 is 10.4 Å². The summed E-state index contributed by atoms with van der Waals surface area (Å²) in [7, 11) is 0. The van der Waals surface area contributed by atoms with Crippen LogP contribution in [0.1, 0.15) is 40.6 Å². The number of aliphatic hydroxyl groups excluding tert-OH is 1. The normalized spacial score (nSPS) is 10.1. The molecule has 2 rings (SSSR count). The van der Waals surface area contributed by atoms with Crippen LogP contribution < -0.4 is 5.32 Å². The molecule has 1 amide bonds. The van der Waals surface area contributed by atoms with Crippen molar-refractivity contribution in [1.29, 1.82) is 0 Å². The second-order valence-electron chi connectivity index (χ2n) is 4.86. The number of amides is 1. The first-order chi connectivity index (χ1) is 10.1. The van der Waals surface area contributed by atoms with Gasteiger partial charge in [-0.25, -0.2) is 0 Å². The largest absolute Gasteiger partial charge is 0.384 e. The smallest absolute Gasteiger partial charge is 0.256 e. The molecule has 0 fully saturated rings. The van der Waals surface area contributed by atoms with Crippen molar-refractivity contribution >= 4 is 22.9 Å². The molecule has 21 heavy (non-hydrogen) atoms. The Morgan fingerprint density at radius 2 is 2.14 bits per heavy atom. The second-order valence-corrected chi connectivity index (χ2v) is 5.77. The van der Waals surface area contributed by atoms with Gasteiger partial charge in [0.2, 0.25) is 0 Å². The number of aliphatic hydroxyl groups is 1. The minimum absolute atomic E-state index is 0.142. The van der Waals surface area contributed by atoms with Crippen molar-refractivity contribution in [1.82, 2.24) is 0 Å². The summed E-state index contributed by atoms with van der Waals surface area (Å²) in [5.41, 5.74) is 2.54. The summed E-state index contributed by atoms with van der Waals surface area (Å²) in [4.78, 5) is 13.0. The molecule has 2 N–H and O–H groups in total. The second kappa shape index (κ2) is 7.07. The van der Waals surface area contributed by atoms with Crippen molar-refractivity contribution in [2.75, 3.05) is 11.9 Å². The molecule has 1 heterocycles. The Kier molecular flexibility index (Phi) is 5.15. The zero-order valence-electron chi connectivity index (χ0n) is 12.0. The number of carbonyl (C=O) groups excluding carboxylic acids is 1. The first-order valence-electron chi connectivity index (χ1n) is 6.70. The van der Waals surface area contributed by atoms with Crippen molar-refractivity contribution in [3.8, 4) is 11.8 Å². The van der Waals surface area contributed by atoms with Gasteiger partial charge in [0, 0.05) is 11.1 Å². The summed E-state index contributed by atoms with van der Waals surface area (Å²) in [6.45, 7) is 4.01. The van der Waals surface area contributed by atoms with E-state index >= 15 is 0 Å². The maximum absolute atomic E-state index is 12.3. The molecule has 0 aliphatic carbocycles. The Bertz CT molecular complexity index is 692. The fourth-order valence-corrected chi connectivity index (χ4v) is 2.71. The molecule has 0 saturated carbocycles. The van der Waals surface area contributed by atoms with Gasteiger partial charge in [-0.3, -0.25) is 4.79 Å². The van der Waals surface area contributed by atoms with E-state index < -0.39 is 0 Å². The van der Waals surface area contributed by atoms with Gasteiger partial charge in [-0.1, -0.05) is 43.9 Å². The van der Waals surface area contributed by atoms with Gasteiger partial charge in [0.25, 0.3) is 5.91 Å². The predicted octanol–water partition coefficient (Wildman–Crippen LogP) is 3.47. The van der Waals surface area contributed by atoms with Gasteiger partial charge in [0.15, 0.2) is 0 Å². The topological polar surface area (TPSA) is 49.3 Å². The van der Waals surface area contributed by atoms with E-state index in [1.54, 1.807) is 11.4 Å². The zero-order chi connectivity index (χ0) is 15.2. The maximum atomic E-state index is 12.3. The van der Waals surface area contributed by atoms with Crippen LogP contribution in [0.4, 0.5) is 5.69 Å². The van der Waals surface area contributed by atoms with E-state index in [-0.39, 0.29) is 12.5 Å². The molecule has 1 aromatic carbocycles. The minimum atomic E-state index is -0.179. The lowest BCUT2D eigenvalue weighted by Gasteiger charge is -2.13. The number of hydrogen-bond donors (Lipinski definition) is 2. The third kappa shape index (κ3) is 3.94. The molecule has 0 saturated heterocycles. The highest BCUT2D eigenvalue weighted by molar-refractivity contribution is 7.10. The van der Waals surface area contributed by atoms with Gasteiger partial charge in [-0.2, -0.15) is 0 Å².